The number of nitrogens with one attached hydrogen (secondary N) is 1. The van der Waals surface area contributed by atoms with E-state index in [1.54, 1.807) is 6.20 Å². The van der Waals surface area contributed by atoms with Crippen molar-refractivity contribution in [1.82, 2.24) is 19.9 Å². The summed E-state index contributed by atoms with van der Waals surface area (Å²) in [6, 6.07) is 21.1. The Balaban J connectivity index is 1.39. The van der Waals surface area contributed by atoms with Crippen LogP contribution < -0.4 is 9.64 Å². The highest BCUT2D eigenvalue weighted by atomic mass is 16.5. The number of ether oxygens (including phenoxy) is 1. The van der Waals surface area contributed by atoms with Crippen molar-refractivity contribution in [3.63, 3.8) is 0 Å². The van der Waals surface area contributed by atoms with Crippen molar-refractivity contribution in [2.45, 2.75) is 18.9 Å². The van der Waals surface area contributed by atoms with E-state index in [0.29, 0.717) is 0 Å². The van der Waals surface area contributed by atoms with E-state index in [2.05, 4.69) is 57.3 Å². The molecule has 0 bridgehead atoms. The maximum absolute atomic E-state index is 5.78. The third-order valence-electron chi connectivity index (χ3n) is 6.92. The molecule has 1 unspecified atom stereocenters. The van der Waals surface area contributed by atoms with E-state index >= 15 is 0 Å². The number of hydrogen-bond donors (Lipinski definition) is 1. The molecule has 0 saturated heterocycles. The van der Waals surface area contributed by atoms with E-state index in [-0.39, 0.29) is 6.04 Å². The molecule has 5 heterocycles. The molecular formula is C28H23N5O. The summed E-state index contributed by atoms with van der Waals surface area (Å²) >= 11 is 0. The van der Waals surface area contributed by atoms with E-state index in [0.717, 1.165) is 48.9 Å². The van der Waals surface area contributed by atoms with Gasteiger partial charge in [0.25, 0.3) is 0 Å². The Kier molecular flexibility index (Phi) is 4.37. The van der Waals surface area contributed by atoms with Crippen molar-refractivity contribution in [3.05, 3.63) is 102 Å². The van der Waals surface area contributed by atoms with Gasteiger partial charge in [-0.1, -0.05) is 24.3 Å². The summed E-state index contributed by atoms with van der Waals surface area (Å²) in [6.45, 7) is 1.59. The summed E-state index contributed by atoms with van der Waals surface area (Å²) in [5.41, 5.74) is 8.15. The Morgan fingerprint density at radius 2 is 1.94 bits per heavy atom. The van der Waals surface area contributed by atoms with Crippen LogP contribution in [0.5, 0.6) is 5.75 Å². The molecule has 0 amide bonds. The standard InChI is InChI=1S/C28H23N5O/c1-2-6-24-21(5-1)22-10-14-33(28-30-13-9-23(32-28)20-4-3-12-29-17-20)27(26(22)31-24)19-7-8-25-18(16-19)11-15-34-25/h1-9,12-13,16-17,27,31H,10-11,14-15H2. The van der Waals surface area contributed by atoms with Gasteiger partial charge in [-0.3, -0.25) is 4.98 Å². The summed E-state index contributed by atoms with van der Waals surface area (Å²) in [4.78, 5) is 20.0. The molecule has 3 aromatic heterocycles. The van der Waals surface area contributed by atoms with Gasteiger partial charge in [-0.05, 0) is 59.5 Å². The molecule has 2 aliphatic heterocycles. The molecule has 0 radical (unpaired) electrons. The lowest BCUT2D eigenvalue weighted by Crippen LogP contribution is -2.37. The van der Waals surface area contributed by atoms with Gasteiger partial charge in [0.2, 0.25) is 5.95 Å². The van der Waals surface area contributed by atoms with Crippen LogP contribution in [0.15, 0.2) is 79.3 Å². The molecule has 6 nitrogen and oxygen atoms in total. The van der Waals surface area contributed by atoms with E-state index < -0.39 is 0 Å². The minimum absolute atomic E-state index is 0.00815. The first-order valence-electron chi connectivity index (χ1n) is 11.7. The summed E-state index contributed by atoms with van der Waals surface area (Å²) in [5, 5.41) is 1.30. The lowest BCUT2D eigenvalue weighted by Gasteiger charge is -2.36. The highest BCUT2D eigenvalue weighted by Gasteiger charge is 2.34. The zero-order valence-corrected chi connectivity index (χ0v) is 18.6. The average Bonchev–Trinajstić information content (AvgIpc) is 3.53. The maximum atomic E-state index is 5.78. The number of aromatic amines is 1. The van der Waals surface area contributed by atoms with Gasteiger partial charge in [-0.25, -0.2) is 9.97 Å². The number of aromatic nitrogens is 4. The second-order valence-electron chi connectivity index (χ2n) is 8.86. The first kappa shape index (κ1) is 19.3. The van der Waals surface area contributed by atoms with Crippen LogP contribution in [0.3, 0.4) is 0 Å². The highest BCUT2D eigenvalue weighted by Crippen LogP contribution is 2.41. The third kappa shape index (κ3) is 3.06. The van der Waals surface area contributed by atoms with Gasteiger partial charge in [0, 0.05) is 53.7 Å². The van der Waals surface area contributed by atoms with Crippen molar-refractivity contribution in [2.75, 3.05) is 18.1 Å². The number of H-pyrrole nitrogens is 1. The molecule has 0 aliphatic carbocycles. The predicted molar refractivity (Wildman–Crippen MR) is 132 cm³/mol. The predicted octanol–water partition coefficient (Wildman–Crippen LogP) is 5.11. The van der Waals surface area contributed by atoms with Gasteiger partial charge in [0.05, 0.1) is 18.3 Å². The van der Waals surface area contributed by atoms with Gasteiger partial charge in [0.1, 0.15) is 5.75 Å². The largest absolute Gasteiger partial charge is 0.493 e. The number of hydrogen-bond acceptors (Lipinski definition) is 5. The molecule has 0 saturated carbocycles. The molecule has 0 fully saturated rings. The van der Waals surface area contributed by atoms with Crippen LogP contribution in [-0.4, -0.2) is 33.1 Å². The van der Waals surface area contributed by atoms with Crippen molar-refractivity contribution in [1.29, 1.82) is 0 Å². The van der Waals surface area contributed by atoms with Crippen LogP contribution in [0.1, 0.15) is 28.4 Å². The molecule has 166 valence electrons. The van der Waals surface area contributed by atoms with E-state index in [4.69, 9.17) is 14.7 Å². The van der Waals surface area contributed by atoms with Crippen molar-refractivity contribution in [2.24, 2.45) is 0 Å². The summed E-state index contributed by atoms with van der Waals surface area (Å²) in [6.07, 6.45) is 7.35. The fourth-order valence-electron chi connectivity index (χ4n) is 5.34. The Labute approximate surface area is 197 Å². The van der Waals surface area contributed by atoms with Crippen molar-refractivity contribution >= 4 is 16.9 Å². The summed E-state index contributed by atoms with van der Waals surface area (Å²) in [5.74, 6) is 1.73. The Hall–Kier alpha value is -4.19. The fraction of sp³-hybridized carbons (Fsp3) is 0.179. The monoisotopic (exact) mass is 445 g/mol. The minimum Gasteiger partial charge on any atom is -0.493 e. The SMILES string of the molecule is c1cncc(-c2ccnc(N3CCc4c([nH]c5ccccc45)C3c3ccc4c(c3)CCO4)n2)c1. The van der Waals surface area contributed by atoms with Crippen LogP contribution in [0.25, 0.3) is 22.2 Å². The minimum atomic E-state index is -0.00815. The zero-order valence-electron chi connectivity index (χ0n) is 18.6. The van der Waals surface area contributed by atoms with E-state index in [1.165, 1.54) is 33.3 Å². The molecule has 2 aliphatic rings. The second kappa shape index (κ2) is 7.70. The molecule has 0 spiro atoms. The van der Waals surface area contributed by atoms with E-state index in [9.17, 15) is 0 Å². The lowest BCUT2D eigenvalue weighted by atomic mass is 9.91. The van der Waals surface area contributed by atoms with Gasteiger partial charge < -0.3 is 14.6 Å². The number of rotatable bonds is 3. The first-order chi connectivity index (χ1) is 16.8. The summed E-state index contributed by atoms with van der Waals surface area (Å²) < 4.78 is 5.78. The Bertz CT molecular complexity index is 1510. The molecule has 1 atom stereocenters. The number of nitrogens with zero attached hydrogens (tertiary/aromatic N) is 4. The number of pyridine rings is 1. The highest BCUT2D eigenvalue weighted by molar-refractivity contribution is 5.86. The summed E-state index contributed by atoms with van der Waals surface area (Å²) in [7, 11) is 0. The van der Waals surface area contributed by atoms with Crippen LogP contribution in [0.4, 0.5) is 5.95 Å². The Morgan fingerprint density at radius 1 is 0.971 bits per heavy atom. The smallest absolute Gasteiger partial charge is 0.226 e. The van der Waals surface area contributed by atoms with Crippen LogP contribution in [-0.2, 0) is 12.8 Å². The quantitative estimate of drug-likeness (QED) is 0.418. The van der Waals surface area contributed by atoms with Crippen LogP contribution >= 0.6 is 0 Å². The fourth-order valence-corrected chi connectivity index (χ4v) is 5.34. The van der Waals surface area contributed by atoms with Crippen LogP contribution in [0, 0.1) is 0 Å². The third-order valence-corrected chi connectivity index (χ3v) is 6.92. The molecular weight excluding hydrogens is 422 g/mol. The van der Waals surface area contributed by atoms with Gasteiger partial charge in [-0.15, -0.1) is 0 Å². The van der Waals surface area contributed by atoms with Gasteiger partial charge in [-0.2, -0.15) is 0 Å². The molecule has 2 aromatic carbocycles. The van der Waals surface area contributed by atoms with Crippen LogP contribution in [0.2, 0.25) is 0 Å². The normalized spacial score (nSPS) is 16.8. The lowest BCUT2D eigenvalue weighted by molar-refractivity contribution is 0.357. The second-order valence-corrected chi connectivity index (χ2v) is 8.86. The topological polar surface area (TPSA) is 66.9 Å². The maximum Gasteiger partial charge on any atom is 0.226 e. The Morgan fingerprint density at radius 3 is 2.88 bits per heavy atom. The number of para-hydroxylation sites is 1. The molecule has 7 rings (SSSR count). The van der Waals surface area contributed by atoms with Gasteiger partial charge in [0.15, 0.2) is 0 Å². The first-order valence-corrected chi connectivity index (χ1v) is 11.7. The van der Waals surface area contributed by atoms with Crippen molar-refractivity contribution < 1.29 is 4.74 Å². The average molecular weight is 446 g/mol. The zero-order chi connectivity index (χ0) is 22.5. The molecule has 6 heteroatoms. The molecule has 1 N–H and O–H groups in total. The molecule has 5 aromatic rings. The number of fused-ring (bicyclic) bond motifs is 4. The molecule has 34 heavy (non-hydrogen) atoms. The number of benzene rings is 2. The number of anilines is 1. The van der Waals surface area contributed by atoms with Gasteiger partial charge >= 0.3 is 0 Å². The van der Waals surface area contributed by atoms with E-state index in [1.807, 2.05) is 30.6 Å². The van der Waals surface area contributed by atoms with Crippen molar-refractivity contribution in [3.8, 4) is 17.0 Å².